The Morgan fingerprint density at radius 1 is 1.42 bits per heavy atom. The minimum absolute atomic E-state index is 0.267. The van der Waals surface area contributed by atoms with Crippen molar-refractivity contribution >= 4 is 11.0 Å². The molecule has 2 nitrogen and oxygen atoms in total. The van der Waals surface area contributed by atoms with E-state index in [-0.39, 0.29) is 4.75 Å². The van der Waals surface area contributed by atoms with Crippen LogP contribution >= 0.6 is 0 Å². The summed E-state index contributed by atoms with van der Waals surface area (Å²) in [6.45, 7) is 5.78. The predicted octanol–water partition coefficient (Wildman–Crippen LogP) is 1.98. The van der Waals surface area contributed by atoms with Gasteiger partial charge in [-0.3, -0.25) is 0 Å². The van der Waals surface area contributed by atoms with Crippen molar-refractivity contribution in [1.29, 1.82) is 0 Å². The first kappa shape index (κ1) is 8.70. The summed E-state index contributed by atoms with van der Waals surface area (Å²) in [7, 11) is -1.10. The van der Waals surface area contributed by atoms with Gasteiger partial charge in [-0.15, -0.1) is 0 Å². The van der Waals surface area contributed by atoms with E-state index < -0.39 is 17.0 Å². The molecule has 1 aliphatic carbocycles. The topological polar surface area (TPSA) is 29.1 Å². The summed E-state index contributed by atoms with van der Waals surface area (Å²) in [5, 5.41) is 0. The van der Waals surface area contributed by atoms with Gasteiger partial charge in [0.05, 0.1) is 15.7 Å². The van der Waals surface area contributed by atoms with E-state index in [4.69, 9.17) is 1.37 Å². The van der Waals surface area contributed by atoms with Crippen LogP contribution < -0.4 is 4.72 Å². The van der Waals surface area contributed by atoms with E-state index in [9.17, 15) is 4.21 Å². The zero-order valence-electron chi connectivity index (χ0n) is 9.14. The maximum Gasteiger partial charge on any atom is 0.0972 e. The molecule has 0 amide bonds. The number of rotatable bonds is 2. The fourth-order valence-electron chi connectivity index (χ4n) is 1.19. The third-order valence-electron chi connectivity index (χ3n) is 2.00. The lowest BCUT2D eigenvalue weighted by atomic mass is 10.3. The summed E-state index contributed by atoms with van der Waals surface area (Å²) in [6.07, 6.45) is 3.82. The molecule has 0 aromatic carbocycles. The Kier molecular flexibility index (Phi) is 2.81. The molecule has 0 aliphatic heterocycles. The molecular weight excluding hydrogens is 170 g/mol. The Morgan fingerprint density at radius 3 is 2.33 bits per heavy atom. The molecule has 72 valence electrons. The van der Waals surface area contributed by atoms with Gasteiger partial charge >= 0.3 is 0 Å². The van der Waals surface area contributed by atoms with Crippen LogP contribution in [0.1, 0.15) is 47.8 Å². The lowest BCUT2D eigenvalue weighted by molar-refractivity contribution is 0.592. The Balaban J connectivity index is 2.53. The molecule has 3 heteroatoms. The minimum Gasteiger partial charge on any atom is -0.242 e. The second-order valence-electron chi connectivity index (χ2n) is 4.29. The molecule has 1 unspecified atom stereocenters. The van der Waals surface area contributed by atoms with Crippen molar-refractivity contribution in [3.8, 4) is 0 Å². The second-order valence-corrected chi connectivity index (χ2v) is 6.26. The molecule has 0 heterocycles. The van der Waals surface area contributed by atoms with E-state index in [2.05, 4.69) is 4.72 Å². The van der Waals surface area contributed by atoms with Crippen molar-refractivity contribution in [2.24, 2.45) is 0 Å². The molecule has 0 aromatic heterocycles. The molecule has 0 bridgehead atoms. The molecule has 0 aromatic rings. The van der Waals surface area contributed by atoms with E-state index >= 15 is 0 Å². The molecule has 1 aliphatic rings. The monoisotopic (exact) mass is 190 g/mol. The third kappa shape index (κ3) is 2.87. The average Bonchev–Trinajstić information content (AvgIpc) is 2.33. The van der Waals surface area contributed by atoms with Crippen LogP contribution in [0.25, 0.3) is 0 Å². The lowest BCUT2D eigenvalue weighted by Crippen LogP contribution is -2.38. The highest BCUT2D eigenvalue weighted by molar-refractivity contribution is 7.84. The van der Waals surface area contributed by atoms with Crippen LogP contribution in [0.5, 0.6) is 0 Å². The van der Waals surface area contributed by atoms with Crippen molar-refractivity contribution in [3.05, 3.63) is 0 Å². The second kappa shape index (κ2) is 3.88. The molecule has 12 heavy (non-hydrogen) atoms. The quantitative estimate of drug-likeness (QED) is 0.709. The molecule has 1 rings (SSSR count). The molecule has 0 spiro atoms. The molecule has 1 saturated carbocycles. The van der Waals surface area contributed by atoms with Gasteiger partial charge in [-0.05, 0) is 33.6 Å². The largest absolute Gasteiger partial charge is 0.242 e. The van der Waals surface area contributed by atoms with Crippen LogP contribution in [0.2, 0.25) is 0 Å². The van der Waals surface area contributed by atoms with Gasteiger partial charge in [0, 0.05) is 7.39 Å². The normalized spacial score (nSPS) is 26.8. The van der Waals surface area contributed by atoms with Crippen molar-refractivity contribution in [1.82, 2.24) is 4.72 Å². The molecule has 1 N–H and O–H groups in total. The third-order valence-corrected chi connectivity index (χ3v) is 3.59. The van der Waals surface area contributed by atoms with E-state index in [1.165, 1.54) is 0 Å². The van der Waals surface area contributed by atoms with Gasteiger partial charge in [0.2, 0.25) is 0 Å². The molecule has 1 fully saturated rings. The van der Waals surface area contributed by atoms with Crippen molar-refractivity contribution in [2.45, 2.75) is 57.2 Å². The summed E-state index contributed by atoms with van der Waals surface area (Å²) in [6, 6.07) is -0.627. The SMILES string of the molecule is [2H]C1(NS(=O)C(C)(C)C)CCCC1. The highest BCUT2D eigenvalue weighted by atomic mass is 32.2. The van der Waals surface area contributed by atoms with Crippen LogP contribution in [0.3, 0.4) is 0 Å². The van der Waals surface area contributed by atoms with Gasteiger partial charge in [0.1, 0.15) is 0 Å². The average molecular weight is 190 g/mol. The van der Waals surface area contributed by atoms with Crippen LogP contribution in [0, 0.1) is 0 Å². The molecular formula is C9H19NOS. The summed E-state index contributed by atoms with van der Waals surface area (Å²) < 4.78 is 22.4. The molecule has 0 saturated heterocycles. The van der Waals surface area contributed by atoms with Gasteiger partial charge in [0.15, 0.2) is 0 Å². The summed E-state index contributed by atoms with van der Waals surface area (Å²) >= 11 is 0. The predicted molar refractivity (Wildman–Crippen MR) is 53.3 cm³/mol. The van der Waals surface area contributed by atoms with Crippen molar-refractivity contribution in [2.75, 3.05) is 0 Å². The first-order chi connectivity index (χ1) is 5.83. The Labute approximate surface area is 79.1 Å². The van der Waals surface area contributed by atoms with Gasteiger partial charge in [-0.25, -0.2) is 8.93 Å². The first-order valence-electron chi connectivity index (χ1n) is 5.03. The Bertz CT molecular complexity index is 206. The van der Waals surface area contributed by atoms with Crippen LogP contribution in [0.15, 0.2) is 0 Å². The smallest absolute Gasteiger partial charge is 0.0972 e. The van der Waals surface area contributed by atoms with E-state index in [0.717, 1.165) is 25.7 Å². The van der Waals surface area contributed by atoms with Crippen LogP contribution in [-0.4, -0.2) is 15.0 Å². The fraction of sp³-hybridized carbons (Fsp3) is 1.00. The van der Waals surface area contributed by atoms with Gasteiger partial charge < -0.3 is 0 Å². The highest BCUT2D eigenvalue weighted by Gasteiger charge is 2.24. The lowest BCUT2D eigenvalue weighted by Gasteiger charge is -2.21. The van der Waals surface area contributed by atoms with E-state index in [0.29, 0.717) is 0 Å². The summed E-state index contributed by atoms with van der Waals surface area (Å²) in [5.41, 5.74) is 0. The van der Waals surface area contributed by atoms with Gasteiger partial charge in [0.25, 0.3) is 0 Å². The van der Waals surface area contributed by atoms with Gasteiger partial charge in [-0.1, -0.05) is 12.8 Å². The fourth-order valence-corrected chi connectivity index (χ4v) is 1.96. The number of hydrogen-bond donors (Lipinski definition) is 1. The minimum atomic E-state index is -1.10. The van der Waals surface area contributed by atoms with Crippen molar-refractivity contribution in [3.63, 3.8) is 0 Å². The summed E-state index contributed by atoms with van der Waals surface area (Å²) in [4.78, 5) is 0. The van der Waals surface area contributed by atoms with Crippen molar-refractivity contribution < 1.29 is 5.58 Å². The summed E-state index contributed by atoms with van der Waals surface area (Å²) in [5.74, 6) is 0. The maximum atomic E-state index is 11.7. The first-order valence-corrected chi connectivity index (χ1v) is 5.68. The standard InChI is InChI=1S/C9H19NOS/c1-9(2,3)12(11)10-8-6-4-5-7-8/h8,10H,4-7H2,1-3H3/i8D. The van der Waals surface area contributed by atoms with Crippen LogP contribution in [0.4, 0.5) is 0 Å². The highest BCUT2D eigenvalue weighted by Crippen LogP contribution is 2.20. The van der Waals surface area contributed by atoms with Crippen LogP contribution in [-0.2, 0) is 11.0 Å². The molecule has 1 atom stereocenters. The van der Waals surface area contributed by atoms with E-state index in [1.807, 2.05) is 20.8 Å². The Hall–Kier alpha value is 0.110. The zero-order valence-corrected chi connectivity index (χ0v) is 8.96. The zero-order chi connectivity index (χ0) is 10.1. The van der Waals surface area contributed by atoms with E-state index in [1.54, 1.807) is 0 Å². The van der Waals surface area contributed by atoms with Gasteiger partial charge in [-0.2, -0.15) is 0 Å². The number of hydrogen-bond acceptors (Lipinski definition) is 1. The Morgan fingerprint density at radius 2 is 1.92 bits per heavy atom. The number of nitrogens with one attached hydrogen (secondary N) is 1. The molecule has 0 radical (unpaired) electrons. The maximum absolute atomic E-state index is 11.7.